The zero-order valence-corrected chi connectivity index (χ0v) is 22.9. The highest BCUT2D eigenvalue weighted by Gasteiger charge is 2.31. The van der Waals surface area contributed by atoms with E-state index in [1.807, 2.05) is 78.6 Å². The van der Waals surface area contributed by atoms with Gasteiger partial charge in [-0.2, -0.15) is 0 Å². The second-order valence-electron chi connectivity index (χ2n) is 9.97. The molecule has 0 fully saturated rings. The van der Waals surface area contributed by atoms with Gasteiger partial charge in [0.25, 0.3) is 0 Å². The highest BCUT2D eigenvalue weighted by atomic mass is 16.5. The smallest absolute Gasteiger partial charge is 0.346 e. The number of aliphatic carboxylic acids is 2. The minimum Gasteiger partial charge on any atom is -0.494 e. The Balaban J connectivity index is 1.26. The topological polar surface area (TPSA) is 106 Å². The summed E-state index contributed by atoms with van der Waals surface area (Å²) in [5.74, 6) is 0.430. The van der Waals surface area contributed by atoms with Crippen LogP contribution >= 0.6 is 0 Å². The third kappa shape index (κ3) is 8.15. The van der Waals surface area contributed by atoms with Gasteiger partial charge in [0.05, 0.1) is 25.4 Å². The number of ether oxygens (including phenoxy) is 3. The van der Waals surface area contributed by atoms with Gasteiger partial charge in [0.1, 0.15) is 17.2 Å². The van der Waals surface area contributed by atoms with Crippen LogP contribution in [0.25, 0.3) is 0 Å². The minimum absolute atomic E-state index is 0.0340. The fourth-order valence-electron chi connectivity index (χ4n) is 4.72. The van der Waals surface area contributed by atoms with Gasteiger partial charge in [-0.05, 0) is 80.0 Å². The number of fused-ring (bicyclic) bond motifs is 1. The number of hydrogen-bond acceptors (Lipinski definition) is 6. The first-order chi connectivity index (χ1) is 19.4. The Morgan fingerprint density at radius 1 is 0.900 bits per heavy atom. The zero-order valence-electron chi connectivity index (χ0n) is 22.9. The highest BCUT2D eigenvalue weighted by molar-refractivity contribution is 5.77. The lowest BCUT2D eigenvalue weighted by Gasteiger charge is -2.35. The van der Waals surface area contributed by atoms with Crippen molar-refractivity contribution < 1.29 is 34.0 Å². The van der Waals surface area contributed by atoms with Crippen molar-refractivity contribution in [1.29, 1.82) is 0 Å². The number of nitrogens with zero attached hydrogens (tertiary/aromatic N) is 1. The Morgan fingerprint density at radius 2 is 1.65 bits per heavy atom. The molecule has 2 N–H and O–H groups in total. The van der Waals surface area contributed by atoms with E-state index in [1.165, 1.54) is 0 Å². The van der Waals surface area contributed by atoms with Crippen LogP contribution in [0.3, 0.4) is 0 Å². The summed E-state index contributed by atoms with van der Waals surface area (Å²) in [7, 11) is 0. The number of para-hydroxylation sites is 2. The van der Waals surface area contributed by atoms with Crippen LogP contribution < -0.4 is 19.1 Å². The highest BCUT2D eigenvalue weighted by Crippen LogP contribution is 2.37. The summed E-state index contributed by atoms with van der Waals surface area (Å²) in [6, 6.07) is 21.8. The molecular formula is C32H37NO7. The van der Waals surface area contributed by atoms with Crippen molar-refractivity contribution in [2.75, 3.05) is 31.2 Å². The molecule has 1 heterocycles. The van der Waals surface area contributed by atoms with Gasteiger partial charge >= 0.3 is 11.9 Å². The summed E-state index contributed by atoms with van der Waals surface area (Å²) >= 11 is 0. The Hall–Kier alpha value is -4.20. The minimum atomic E-state index is -1.03. The van der Waals surface area contributed by atoms with E-state index < -0.39 is 18.0 Å². The third-order valence-electron chi connectivity index (χ3n) is 6.92. The molecule has 3 aromatic rings. The van der Waals surface area contributed by atoms with E-state index in [-0.39, 0.29) is 13.0 Å². The van der Waals surface area contributed by atoms with Gasteiger partial charge in [0, 0.05) is 13.0 Å². The van der Waals surface area contributed by atoms with Crippen molar-refractivity contribution in [3.05, 3.63) is 83.4 Å². The molecule has 0 radical (unpaired) electrons. The Labute approximate surface area is 235 Å². The molecule has 1 aliphatic heterocycles. The molecule has 1 aliphatic rings. The number of hydrogen-bond donors (Lipinski definition) is 2. The molecule has 8 heteroatoms. The summed E-state index contributed by atoms with van der Waals surface area (Å²) in [5.41, 5.74) is 4.02. The molecule has 1 unspecified atom stereocenters. The van der Waals surface area contributed by atoms with Gasteiger partial charge in [0.2, 0.25) is 6.10 Å². The predicted molar refractivity (Wildman–Crippen MR) is 153 cm³/mol. The number of carboxylic acids is 2. The fourth-order valence-corrected chi connectivity index (χ4v) is 4.72. The standard InChI is InChI=1S/C32H37NO7/c1-23-8-2-3-11-28(23)39-21-5-4-20-38-26-17-14-24(15-18-26)13-16-25-9-6-10-27-31(25)40-29(32(36)37)22-33(27)19-7-12-30(34)35/h2-3,6,8-11,14-15,17-18,29H,4-5,7,12-13,16,19-22H2,1H3,(H,34,35)(H,36,37). The Morgan fingerprint density at radius 3 is 2.38 bits per heavy atom. The molecule has 0 saturated carbocycles. The van der Waals surface area contributed by atoms with Crippen LogP contribution in [0.4, 0.5) is 5.69 Å². The van der Waals surface area contributed by atoms with Crippen molar-refractivity contribution in [3.8, 4) is 17.2 Å². The van der Waals surface area contributed by atoms with Crippen LogP contribution in [0, 0.1) is 6.92 Å². The molecule has 1 atom stereocenters. The summed E-state index contributed by atoms with van der Waals surface area (Å²) in [4.78, 5) is 24.6. The third-order valence-corrected chi connectivity index (χ3v) is 6.92. The average molecular weight is 548 g/mol. The van der Waals surface area contributed by atoms with E-state index in [0.717, 1.165) is 53.1 Å². The summed E-state index contributed by atoms with van der Waals surface area (Å²) < 4.78 is 17.6. The lowest BCUT2D eigenvalue weighted by Crippen LogP contribution is -2.45. The van der Waals surface area contributed by atoms with Gasteiger partial charge in [-0.15, -0.1) is 0 Å². The molecule has 0 spiro atoms. The molecule has 3 aromatic carbocycles. The van der Waals surface area contributed by atoms with Gasteiger partial charge in [-0.25, -0.2) is 4.79 Å². The van der Waals surface area contributed by atoms with Crippen LogP contribution in [0.15, 0.2) is 66.7 Å². The number of anilines is 1. The molecule has 212 valence electrons. The maximum Gasteiger partial charge on any atom is 0.346 e. The Bertz CT molecular complexity index is 1270. The van der Waals surface area contributed by atoms with Gasteiger partial charge < -0.3 is 29.3 Å². The van der Waals surface area contributed by atoms with E-state index in [2.05, 4.69) is 0 Å². The van der Waals surface area contributed by atoms with Crippen LogP contribution in [0.5, 0.6) is 17.2 Å². The molecule has 0 amide bonds. The monoisotopic (exact) mass is 547 g/mol. The number of benzene rings is 3. The molecular weight excluding hydrogens is 510 g/mol. The number of carboxylic acid groups (broad SMARTS) is 2. The molecule has 0 saturated heterocycles. The van der Waals surface area contributed by atoms with E-state index in [9.17, 15) is 14.7 Å². The Kier molecular flexibility index (Phi) is 10.3. The van der Waals surface area contributed by atoms with Crippen molar-refractivity contribution in [2.24, 2.45) is 0 Å². The van der Waals surface area contributed by atoms with Crippen molar-refractivity contribution in [2.45, 2.75) is 51.6 Å². The van der Waals surface area contributed by atoms with Crippen molar-refractivity contribution >= 4 is 17.6 Å². The number of aryl methyl sites for hydroxylation is 3. The van der Waals surface area contributed by atoms with Crippen LogP contribution in [-0.2, 0) is 22.4 Å². The summed E-state index contributed by atoms with van der Waals surface area (Å²) in [5, 5.41) is 18.6. The quantitative estimate of drug-likeness (QED) is 0.239. The van der Waals surface area contributed by atoms with Crippen molar-refractivity contribution in [1.82, 2.24) is 0 Å². The number of carbonyl (C=O) groups is 2. The lowest BCUT2D eigenvalue weighted by molar-refractivity contribution is -0.145. The molecule has 4 rings (SSSR count). The number of unbranched alkanes of at least 4 members (excludes halogenated alkanes) is 1. The molecule has 0 aromatic heterocycles. The molecule has 0 aliphatic carbocycles. The maximum atomic E-state index is 11.7. The zero-order chi connectivity index (χ0) is 28.3. The summed E-state index contributed by atoms with van der Waals surface area (Å²) in [6.45, 7) is 3.97. The maximum absolute atomic E-state index is 11.7. The van der Waals surface area contributed by atoms with E-state index in [0.29, 0.717) is 38.3 Å². The van der Waals surface area contributed by atoms with Gasteiger partial charge in [0.15, 0.2) is 0 Å². The van der Waals surface area contributed by atoms with Crippen molar-refractivity contribution in [3.63, 3.8) is 0 Å². The molecule has 40 heavy (non-hydrogen) atoms. The average Bonchev–Trinajstić information content (AvgIpc) is 2.95. The first-order valence-corrected chi connectivity index (χ1v) is 13.8. The normalized spacial score (nSPS) is 14.2. The van der Waals surface area contributed by atoms with Gasteiger partial charge in [-0.3, -0.25) is 4.79 Å². The van der Waals surface area contributed by atoms with Crippen LogP contribution in [0.1, 0.15) is 42.4 Å². The number of rotatable bonds is 15. The predicted octanol–water partition coefficient (Wildman–Crippen LogP) is 5.54. The van der Waals surface area contributed by atoms with Gasteiger partial charge in [-0.1, -0.05) is 42.5 Å². The fraction of sp³-hybridized carbons (Fsp3) is 0.375. The second-order valence-corrected chi connectivity index (χ2v) is 9.97. The molecule has 0 bridgehead atoms. The summed E-state index contributed by atoms with van der Waals surface area (Å²) in [6.07, 6.45) is 2.72. The molecule has 8 nitrogen and oxygen atoms in total. The van der Waals surface area contributed by atoms with Crippen LogP contribution in [0.2, 0.25) is 0 Å². The SMILES string of the molecule is Cc1ccccc1OCCCCOc1ccc(CCc2cccc3c2OC(C(=O)O)CN3CCCC(=O)O)cc1. The van der Waals surface area contributed by atoms with E-state index in [1.54, 1.807) is 0 Å². The van der Waals surface area contributed by atoms with Crippen LogP contribution in [-0.4, -0.2) is 54.6 Å². The first kappa shape index (κ1) is 28.8. The first-order valence-electron chi connectivity index (χ1n) is 13.8. The second kappa shape index (κ2) is 14.3. The van der Waals surface area contributed by atoms with E-state index in [4.69, 9.17) is 19.3 Å². The largest absolute Gasteiger partial charge is 0.494 e. The lowest BCUT2D eigenvalue weighted by atomic mass is 10.0. The van der Waals surface area contributed by atoms with E-state index >= 15 is 0 Å².